The highest BCUT2D eigenvalue weighted by molar-refractivity contribution is 5.84. The van der Waals surface area contributed by atoms with Crippen molar-refractivity contribution in [2.75, 3.05) is 6.61 Å². The predicted molar refractivity (Wildman–Crippen MR) is 117 cm³/mol. The summed E-state index contributed by atoms with van der Waals surface area (Å²) >= 11 is 0. The third-order valence-corrected chi connectivity index (χ3v) is 4.94. The van der Waals surface area contributed by atoms with Gasteiger partial charge in [-0.25, -0.2) is 9.48 Å². The molecule has 0 N–H and O–H groups in total. The van der Waals surface area contributed by atoms with Crippen molar-refractivity contribution < 1.29 is 31.9 Å². The largest absolute Gasteiger partial charge is 0.479 e. The Morgan fingerprint density at radius 3 is 2.59 bits per heavy atom. The number of alkyl halides is 3. The van der Waals surface area contributed by atoms with Crippen LogP contribution in [0.1, 0.15) is 19.6 Å². The number of benzene rings is 2. The van der Waals surface area contributed by atoms with E-state index in [0.717, 1.165) is 6.07 Å². The average molecular weight is 472 g/mol. The molecule has 34 heavy (non-hydrogen) atoms. The number of nitrogens with zero attached hydrogens (tertiary/aromatic N) is 2. The molecule has 0 aliphatic heterocycles. The molecule has 10 heteroatoms. The lowest BCUT2D eigenvalue weighted by Gasteiger charge is -2.15. The van der Waals surface area contributed by atoms with Gasteiger partial charge >= 0.3 is 12.1 Å². The maximum atomic E-state index is 13.9. The molecule has 4 rings (SSSR count). The molecule has 2 aromatic carbocycles. The second-order valence-electron chi connectivity index (χ2n) is 7.31. The van der Waals surface area contributed by atoms with E-state index in [0.29, 0.717) is 5.69 Å². The topological polar surface area (TPSA) is 83.6 Å². The van der Waals surface area contributed by atoms with Crippen LogP contribution >= 0.6 is 0 Å². The smallest absolute Gasteiger partial charge is 0.450 e. The summed E-state index contributed by atoms with van der Waals surface area (Å²) < 4.78 is 58.6. The molecule has 176 valence electrons. The monoisotopic (exact) mass is 472 g/mol. The van der Waals surface area contributed by atoms with E-state index in [1.807, 2.05) is 0 Å². The Hall–Kier alpha value is -4.08. The van der Waals surface area contributed by atoms with Crippen molar-refractivity contribution in [3.8, 4) is 22.6 Å². The Balaban J connectivity index is 1.80. The summed E-state index contributed by atoms with van der Waals surface area (Å²) in [6.07, 6.45) is -3.44. The number of halogens is 3. The second kappa shape index (κ2) is 9.05. The molecule has 2 heterocycles. The van der Waals surface area contributed by atoms with Gasteiger partial charge in [-0.1, -0.05) is 18.2 Å². The number of rotatable bonds is 6. The average Bonchev–Trinajstić information content (AvgIpc) is 3.29. The third kappa shape index (κ3) is 4.52. The van der Waals surface area contributed by atoms with Crippen LogP contribution in [0.5, 0.6) is 5.75 Å². The predicted octanol–water partition coefficient (Wildman–Crippen LogP) is 4.99. The van der Waals surface area contributed by atoms with Gasteiger partial charge in [0.05, 0.1) is 29.4 Å². The van der Waals surface area contributed by atoms with Gasteiger partial charge in [0.15, 0.2) is 6.10 Å². The maximum absolute atomic E-state index is 13.9. The van der Waals surface area contributed by atoms with E-state index in [4.69, 9.17) is 13.9 Å². The van der Waals surface area contributed by atoms with Crippen LogP contribution in [0.4, 0.5) is 13.2 Å². The zero-order valence-electron chi connectivity index (χ0n) is 18.1. The van der Waals surface area contributed by atoms with Crippen molar-refractivity contribution in [2.45, 2.75) is 26.1 Å². The molecule has 2 aromatic heterocycles. The van der Waals surface area contributed by atoms with Crippen LogP contribution in [-0.4, -0.2) is 28.5 Å². The molecule has 0 amide bonds. The molecule has 4 aromatic rings. The van der Waals surface area contributed by atoms with Gasteiger partial charge < -0.3 is 13.9 Å². The van der Waals surface area contributed by atoms with Crippen molar-refractivity contribution in [1.29, 1.82) is 0 Å². The first-order valence-electron chi connectivity index (χ1n) is 10.3. The fraction of sp³-hybridized carbons (Fsp3) is 0.208. The van der Waals surface area contributed by atoms with Gasteiger partial charge in [-0.2, -0.15) is 18.3 Å². The minimum Gasteiger partial charge on any atom is -0.479 e. The molecular formula is C24H19F3N2O5. The second-order valence-corrected chi connectivity index (χ2v) is 7.31. The highest BCUT2D eigenvalue weighted by Gasteiger charge is 2.39. The Morgan fingerprint density at radius 2 is 1.91 bits per heavy atom. The van der Waals surface area contributed by atoms with E-state index in [-0.39, 0.29) is 28.9 Å². The van der Waals surface area contributed by atoms with E-state index in [2.05, 4.69) is 5.10 Å². The maximum Gasteiger partial charge on any atom is 0.450 e. The minimum absolute atomic E-state index is 0.0388. The zero-order valence-corrected chi connectivity index (χ0v) is 18.1. The summed E-state index contributed by atoms with van der Waals surface area (Å²) in [6.45, 7) is 3.22. The first-order valence-corrected chi connectivity index (χ1v) is 10.3. The fourth-order valence-corrected chi connectivity index (χ4v) is 3.39. The highest BCUT2D eigenvalue weighted by Crippen LogP contribution is 2.38. The molecule has 0 radical (unpaired) electrons. The molecule has 7 nitrogen and oxygen atoms in total. The summed E-state index contributed by atoms with van der Waals surface area (Å²) in [5, 5.41) is 4.01. The van der Waals surface area contributed by atoms with Crippen molar-refractivity contribution in [3.63, 3.8) is 0 Å². The van der Waals surface area contributed by atoms with Gasteiger partial charge in [0, 0.05) is 17.8 Å². The van der Waals surface area contributed by atoms with Gasteiger partial charge in [0.1, 0.15) is 11.3 Å². The third-order valence-electron chi connectivity index (χ3n) is 4.94. The number of carbonyl (C=O) groups is 1. The van der Waals surface area contributed by atoms with Crippen LogP contribution in [0, 0.1) is 0 Å². The van der Waals surface area contributed by atoms with Gasteiger partial charge in [-0.05, 0) is 38.1 Å². The van der Waals surface area contributed by atoms with E-state index < -0.39 is 35.0 Å². The summed E-state index contributed by atoms with van der Waals surface area (Å²) in [5.74, 6) is -2.03. The van der Waals surface area contributed by atoms with Crippen LogP contribution in [-0.2, 0) is 15.7 Å². The molecule has 0 aliphatic carbocycles. The van der Waals surface area contributed by atoms with Crippen LogP contribution in [0.3, 0.4) is 0 Å². The highest BCUT2D eigenvalue weighted by atomic mass is 19.4. The van der Waals surface area contributed by atoms with Crippen LogP contribution in [0.2, 0.25) is 0 Å². The number of fused-ring (bicyclic) bond motifs is 1. The first kappa shape index (κ1) is 23.1. The van der Waals surface area contributed by atoms with Gasteiger partial charge in [-0.3, -0.25) is 4.79 Å². The molecule has 0 unspecified atom stereocenters. The summed E-state index contributed by atoms with van der Waals surface area (Å²) in [5.41, 5.74) is -1.26. The minimum atomic E-state index is -4.95. The Morgan fingerprint density at radius 1 is 1.18 bits per heavy atom. The summed E-state index contributed by atoms with van der Waals surface area (Å²) in [6, 6.07) is 12.6. The quantitative estimate of drug-likeness (QED) is 0.368. The Kier molecular flexibility index (Phi) is 6.14. The van der Waals surface area contributed by atoms with E-state index in [1.165, 1.54) is 36.1 Å². The van der Waals surface area contributed by atoms with Crippen LogP contribution in [0.15, 0.2) is 70.1 Å². The van der Waals surface area contributed by atoms with E-state index in [1.54, 1.807) is 37.3 Å². The molecule has 0 saturated heterocycles. The van der Waals surface area contributed by atoms with Gasteiger partial charge in [0.25, 0.3) is 0 Å². The molecule has 1 atom stereocenters. The molecule has 0 aliphatic rings. The number of hydrogen-bond acceptors (Lipinski definition) is 6. The number of hydrogen-bond donors (Lipinski definition) is 0. The molecule has 0 saturated carbocycles. The first-order chi connectivity index (χ1) is 16.2. The number of carbonyl (C=O) groups excluding carboxylic acids is 1. The Labute approximate surface area is 191 Å². The van der Waals surface area contributed by atoms with Crippen LogP contribution in [0.25, 0.3) is 27.8 Å². The summed E-state index contributed by atoms with van der Waals surface area (Å²) in [4.78, 5) is 24.9. The fourth-order valence-electron chi connectivity index (χ4n) is 3.39. The molecule has 0 fully saturated rings. The molecule has 0 spiro atoms. The lowest BCUT2D eigenvalue weighted by atomic mass is 10.0. The van der Waals surface area contributed by atoms with Crippen molar-refractivity contribution in [1.82, 2.24) is 9.78 Å². The van der Waals surface area contributed by atoms with E-state index >= 15 is 0 Å². The standard InChI is InChI=1S/C24H19F3N2O5/c1-3-32-23(31)14(2)33-17-9-10-18-19(11-17)34-22(24(25,26)27)20(21(18)30)15-12-28-29(13-15)16-7-5-4-6-8-16/h4-14H,3H2,1-2H3/t14-/m0/s1. The normalized spacial score (nSPS) is 12.5. The SMILES string of the molecule is CCOC(=O)[C@H](C)Oc1ccc2c(=O)c(-c3cnn(-c4ccccc4)c3)c(C(F)(F)F)oc2c1. The summed E-state index contributed by atoms with van der Waals surface area (Å²) in [7, 11) is 0. The van der Waals surface area contributed by atoms with Gasteiger partial charge in [0.2, 0.25) is 11.2 Å². The lowest BCUT2D eigenvalue weighted by molar-refractivity contribution is -0.152. The van der Waals surface area contributed by atoms with Crippen LogP contribution < -0.4 is 10.2 Å². The van der Waals surface area contributed by atoms with Crippen molar-refractivity contribution in [3.05, 3.63) is 76.9 Å². The zero-order chi connectivity index (χ0) is 24.5. The van der Waals surface area contributed by atoms with Crippen molar-refractivity contribution in [2.24, 2.45) is 0 Å². The molecule has 0 bridgehead atoms. The lowest BCUT2D eigenvalue weighted by Crippen LogP contribution is -2.26. The number of ether oxygens (including phenoxy) is 2. The van der Waals surface area contributed by atoms with E-state index in [9.17, 15) is 22.8 Å². The number of para-hydroxylation sites is 1. The molecular weight excluding hydrogens is 453 g/mol. The van der Waals surface area contributed by atoms with Crippen molar-refractivity contribution >= 4 is 16.9 Å². The Bertz CT molecular complexity index is 1390. The number of esters is 1. The van der Waals surface area contributed by atoms with Gasteiger partial charge in [-0.15, -0.1) is 0 Å². The number of aromatic nitrogens is 2.